The molecule has 0 heterocycles. The maximum absolute atomic E-state index is 13.2. The lowest BCUT2D eigenvalue weighted by atomic mass is 9.99. The molecule has 0 radical (unpaired) electrons. The van der Waals surface area contributed by atoms with Crippen LogP contribution in [0.2, 0.25) is 5.02 Å². The maximum atomic E-state index is 13.2. The highest BCUT2D eigenvalue weighted by Crippen LogP contribution is 2.25. The molecule has 0 fully saturated rings. The van der Waals surface area contributed by atoms with Gasteiger partial charge in [-0.2, -0.15) is 0 Å². The van der Waals surface area contributed by atoms with Crippen molar-refractivity contribution in [3.8, 4) is 0 Å². The molecule has 0 amide bonds. The minimum atomic E-state index is -0.423. The van der Waals surface area contributed by atoms with Gasteiger partial charge >= 0.3 is 0 Å². The Hall–Kier alpha value is -0.720. The molecular formula is C15H13ClF2IN. The van der Waals surface area contributed by atoms with Crippen LogP contribution in [0.3, 0.4) is 0 Å². The van der Waals surface area contributed by atoms with Crippen LogP contribution in [-0.2, 0) is 6.42 Å². The van der Waals surface area contributed by atoms with Gasteiger partial charge in [0.25, 0.3) is 0 Å². The molecule has 0 aliphatic heterocycles. The number of halogens is 4. The third-order valence-electron chi connectivity index (χ3n) is 3.11. The van der Waals surface area contributed by atoms with Crippen molar-refractivity contribution in [2.75, 3.05) is 7.05 Å². The van der Waals surface area contributed by atoms with Gasteiger partial charge in [-0.05, 0) is 71.5 Å². The van der Waals surface area contributed by atoms with Crippen LogP contribution in [0.25, 0.3) is 0 Å². The van der Waals surface area contributed by atoms with Crippen molar-refractivity contribution in [3.05, 3.63) is 67.8 Å². The molecule has 2 aromatic carbocycles. The van der Waals surface area contributed by atoms with Gasteiger partial charge in [-0.3, -0.25) is 0 Å². The van der Waals surface area contributed by atoms with Crippen LogP contribution in [0.5, 0.6) is 0 Å². The van der Waals surface area contributed by atoms with Gasteiger partial charge in [0.15, 0.2) is 0 Å². The van der Waals surface area contributed by atoms with E-state index in [0.717, 1.165) is 14.7 Å². The first-order chi connectivity index (χ1) is 9.51. The van der Waals surface area contributed by atoms with Crippen LogP contribution < -0.4 is 5.32 Å². The topological polar surface area (TPSA) is 12.0 Å². The number of likely N-dealkylation sites (N-methyl/N-ethyl adjacent to an activating group) is 1. The van der Waals surface area contributed by atoms with E-state index in [4.69, 9.17) is 11.6 Å². The highest BCUT2D eigenvalue weighted by molar-refractivity contribution is 14.1. The predicted molar refractivity (Wildman–Crippen MR) is 86.0 cm³/mol. The van der Waals surface area contributed by atoms with Crippen molar-refractivity contribution in [1.29, 1.82) is 0 Å². The van der Waals surface area contributed by atoms with E-state index in [0.29, 0.717) is 6.42 Å². The molecule has 0 aliphatic rings. The number of benzene rings is 2. The number of hydrogen-bond acceptors (Lipinski definition) is 1. The summed E-state index contributed by atoms with van der Waals surface area (Å²) in [6.45, 7) is 0. The molecule has 0 spiro atoms. The third-order valence-corrected chi connectivity index (χ3v) is 4.33. The van der Waals surface area contributed by atoms with Crippen molar-refractivity contribution in [2.45, 2.75) is 12.5 Å². The number of rotatable bonds is 4. The summed E-state index contributed by atoms with van der Waals surface area (Å²) < 4.78 is 27.2. The number of nitrogens with one attached hydrogen (secondary N) is 1. The quantitative estimate of drug-likeness (QED) is 0.723. The van der Waals surface area contributed by atoms with Crippen LogP contribution in [0.15, 0.2) is 36.4 Å². The third kappa shape index (κ3) is 3.68. The van der Waals surface area contributed by atoms with Gasteiger partial charge in [0.1, 0.15) is 11.6 Å². The standard InChI is InChI=1S/C15H13ClF2IN/c1-20-15(11-4-3-10(17)8-14(11)19)7-9-2-5-13(18)12(16)6-9/h2-6,8,15,20H,7H2,1H3. The molecule has 2 aromatic rings. The largest absolute Gasteiger partial charge is 0.313 e. The summed E-state index contributed by atoms with van der Waals surface area (Å²) in [7, 11) is 1.84. The molecular weight excluding hydrogens is 395 g/mol. The van der Waals surface area contributed by atoms with E-state index in [2.05, 4.69) is 27.9 Å². The lowest BCUT2D eigenvalue weighted by Crippen LogP contribution is -2.20. The fourth-order valence-electron chi connectivity index (χ4n) is 2.05. The SMILES string of the molecule is CNC(Cc1ccc(F)c(Cl)c1)c1ccc(F)cc1I. The molecule has 0 saturated heterocycles. The van der Waals surface area contributed by atoms with Crippen molar-refractivity contribution in [2.24, 2.45) is 0 Å². The van der Waals surface area contributed by atoms with E-state index in [1.165, 1.54) is 18.2 Å². The molecule has 1 atom stereocenters. The van der Waals surface area contributed by atoms with Gasteiger partial charge in [-0.15, -0.1) is 0 Å². The van der Waals surface area contributed by atoms with E-state index in [1.807, 2.05) is 7.05 Å². The second-order valence-corrected chi connectivity index (χ2v) is 6.03. The lowest BCUT2D eigenvalue weighted by Gasteiger charge is -2.18. The highest BCUT2D eigenvalue weighted by Gasteiger charge is 2.14. The lowest BCUT2D eigenvalue weighted by molar-refractivity contribution is 0.580. The van der Waals surface area contributed by atoms with Gasteiger partial charge in [-0.1, -0.05) is 23.7 Å². The monoisotopic (exact) mass is 407 g/mol. The summed E-state index contributed by atoms with van der Waals surface area (Å²) in [5, 5.41) is 3.31. The second kappa shape index (κ2) is 6.83. The molecule has 1 nitrogen and oxygen atoms in total. The average Bonchev–Trinajstić information content (AvgIpc) is 2.41. The van der Waals surface area contributed by atoms with E-state index in [9.17, 15) is 8.78 Å². The minimum Gasteiger partial charge on any atom is -0.313 e. The zero-order valence-electron chi connectivity index (χ0n) is 10.8. The Bertz CT molecular complexity index is 619. The molecule has 0 saturated carbocycles. The Labute approximate surface area is 135 Å². The van der Waals surface area contributed by atoms with Crippen LogP contribution in [0, 0.1) is 15.2 Å². The Kier molecular flexibility index (Phi) is 5.35. The summed E-state index contributed by atoms with van der Waals surface area (Å²) in [5.41, 5.74) is 1.94. The van der Waals surface area contributed by atoms with Crippen molar-refractivity contribution >= 4 is 34.2 Å². The fourth-order valence-corrected chi connectivity index (χ4v) is 3.11. The zero-order valence-corrected chi connectivity index (χ0v) is 13.7. The maximum Gasteiger partial charge on any atom is 0.141 e. The van der Waals surface area contributed by atoms with Gasteiger partial charge < -0.3 is 5.32 Å². The van der Waals surface area contributed by atoms with Crippen molar-refractivity contribution < 1.29 is 8.78 Å². The van der Waals surface area contributed by atoms with Crippen LogP contribution >= 0.6 is 34.2 Å². The molecule has 1 unspecified atom stereocenters. The summed E-state index contributed by atoms with van der Waals surface area (Å²) in [6.07, 6.45) is 0.651. The molecule has 5 heteroatoms. The molecule has 2 rings (SSSR count). The average molecular weight is 408 g/mol. The molecule has 1 N–H and O–H groups in total. The molecule has 0 aromatic heterocycles. The van der Waals surface area contributed by atoms with Gasteiger partial charge in [0.2, 0.25) is 0 Å². The first-order valence-electron chi connectivity index (χ1n) is 6.07. The Morgan fingerprint density at radius 2 is 1.95 bits per heavy atom. The van der Waals surface area contributed by atoms with Crippen LogP contribution in [-0.4, -0.2) is 7.05 Å². The Balaban J connectivity index is 2.26. The summed E-state index contributed by atoms with van der Waals surface area (Å²) in [5.74, 6) is -0.675. The summed E-state index contributed by atoms with van der Waals surface area (Å²) in [6, 6.07) is 9.42. The summed E-state index contributed by atoms with van der Waals surface area (Å²) in [4.78, 5) is 0. The van der Waals surface area contributed by atoms with Crippen LogP contribution in [0.4, 0.5) is 8.78 Å². The molecule has 20 heavy (non-hydrogen) atoms. The van der Waals surface area contributed by atoms with E-state index in [1.54, 1.807) is 18.2 Å². The smallest absolute Gasteiger partial charge is 0.141 e. The Morgan fingerprint density at radius 1 is 1.20 bits per heavy atom. The van der Waals surface area contributed by atoms with Gasteiger partial charge in [0.05, 0.1) is 5.02 Å². The van der Waals surface area contributed by atoms with Gasteiger partial charge in [0, 0.05) is 9.61 Å². The molecule has 106 valence electrons. The first-order valence-corrected chi connectivity index (χ1v) is 7.53. The first kappa shape index (κ1) is 15.7. The normalized spacial score (nSPS) is 12.4. The van der Waals surface area contributed by atoms with Crippen molar-refractivity contribution in [3.63, 3.8) is 0 Å². The highest BCUT2D eigenvalue weighted by atomic mass is 127. The predicted octanol–water partition coefficient (Wildman–Crippen LogP) is 4.73. The van der Waals surface area contributed by atoms with Gasteiger partial charge in [-0.25, -0.2) is 8.78 Å². The van der Waals surface area contributed by atoms with E-state index < -0.39 is 5.82 Å². The number of hydrogen-bond donors (Lipinski definition) is 1. The minimum absolute atomic E-state index is 0.0176. The Morgan fingerprint density at radius 3 is 2.55 bits per heavy atom. The van der Waals surface area contributed by atoms with E-state index >= 15 is 0 Å². The summed E-state index contributed by atoms with van der Waals surface area (Å²) >= 11 is 7.91. The van der Waals surface area contributed by atoms with Crippen LogP contribution in [0.1, 0.15) is 17.2 Å². The molecule has 0 aliphatic carbocycles. The fraction of sp³-hybridized carbons (Fsp3) is 0.200. The second-order valence-electron chi connectivity index (χ2n) is 4.46. The van der Waals surface area contributed by atoms with E-state index in [-0.39, 0.29) is 16.9 Å². The van der Waals surface area contributed by atoms with Crippen molar-refractivity contribution in [1.82, 2.24) is 5.32 Å². The molecule has 0 bridgehead atoms. The zero-order chi connectivity index (χ0) is 14.7.